The van der Waals surface area contributed by atoms with Crippen LogP contribution in [0.1, 0.15) is 11.1 Å². The molecule has 0 bridgehead atoms. The minimum atomic E-state index is 0.119. The number of aromatic hydroxyl groups is 1. The van der Waals surface area contributed by atoms with Gasteiger partial charge >= 0.3 is 0 Å². The zero-order valence-electron chi connectivity index (χ0n) is 14.5. The van der Waals surface area contributed by atoms with E-state index in [-0.39, 0.29) is 5.75 Å². The molecular weight excluding hydrogens is 342 g/mol. The molecule has 4 aromatic rings. The Balaban J connectivity index is 1.62. The molecule has 26 heavy (non-hydrogen) atoms. The van der Waals surface area contributed by atoms with Crippen LogP contribution in [-0.4, -0.2) is 10.1 Å². The van der Waals surface area contributed by atoms with Gasteiger partial charge in [0.25, 0.3) is 0 Å². The summed E-state index contributed by atoms with van der Waals surface area (Å²) in [4.78, 5) is 4.81. The lowest BCUT2D eigenvalue weighted by molar-refractivity contribution is 0.476. The van der Waals surface area contributed by atoms with Crippen LogP contribution in [-0.2, 0) is 0 Å². The number of hydrogen-bond donors (Lipinski definition) is 1. The van der Waals surface area contributed by atoms with Crippen LogP contribution in [0.5, 0.6) is 5.75 Å². The van der Waals surface area contributed by atoms with E-state index in [2.05, 4.69) is 36.2 Å². The van der Waals surface area contributed by atoms with E-state index in [4.69, 9.17) is 4.98 Å². The van der Waals surface area contributed by atoms with Crippen molar-refractivity contribution in [3.05, 3.63) is 71.8 Å². The van der Waals surface area contributed by atoms with Crippen LogP contribution in [0.15, 0.2) is 70.9 Å². The molecule has 128 valence electrons. The molecule has 0 fully saturated rings. The summed E-state index contributed by atoms with van der Waals surface area (Å²) < 4.78 is 1.20. The van der Waals surface area contributed by atoms with Crippen molar-refractivity contribution in [3.63, 3.8) is 0 Å². The van der Waals surface area contributed by atoms with Crippen molar-refractivity contribution < 1.29 is 5.11 Å². The normalized spacial score (nSPS) is 11.5. The number of nitrogens with zero attached hydrogens (tertiary/aromatic N) is 3. The number of phenolic OH excluding ortho intramolecular Hbond substituents is 1. The van der Waals surface area contributed by atoms with E-state index < -0.39 is 0 Å². The van der Waals surface area contributed by atoms with Gasteiger partial charge in [-0.1, -0.05) is 18.2 Å². The van der Waals surface area contributed by atoms with E-state index in [1.165, 1.54) is 15.8 Å². The number of aromatic nitrogens is 1. The topological polar surface area (TPSA) is 57.8 Å². The molecule has 4 rings (SSSR count). The molecule has 0 amide bonds. The number of benzene rings is 3. The summed E-state index contributed by atoms with van der Waals surface area (Å²) in [5, 5.41) is 19.0. The standard InChI is InChI=1S/C21H17N3OS/c1-13-7-12-19-20(14(13)2)22-21(26-19)15-8-10-16(11-9-15)23-24-17-5-3-4-6-18(17)25/h3-12,25H,1-2H3/b24-23+. The van der Waals surface area contributed by atoms with E-state index in [0.29, 0.717) is 5.69 Å². The van der Waals surface area contributed by atoms with Crippen molar-refractivity contribution in [2.24, 2.45) is 10.2 Å². The maximum absolute atomic E-state index is 9.73. The van der Waals surface area contributed by atoms with Gasteiger partial charge in [0, 0.05) is 5.56 Å². The van der Waals surface area contributed by atoms with E-state index in [1.54, 1.807) is 29.5 Å². The average Bonchev–Trinajstić information content (AvgIpc) is 3.10. The highest BCUT2D eigenvalue weighted by Crippen LogP contribution is 2.34. The molecule has 0 radical (unpaired) electrons. The summed E-state index contributed by atoms with van der Waals surface area (Å²) in [5.74, 6) is 0.119. The maximum atomic E-state index is 9.73. The van der Waals surface area contributed by atoms with Crippen molar-refractivity contribution in [3.8, 4) is 16.3 Å². The average molecular weight is 359 g/mol. The quantitative estimate of drug-likeness (QED) is 0.414. The van der Waals surface area contributed by atoms with Crippen LogP contribution in [0.25, 0.3) is 20.8 Å². The van der Waals surface area contributed by atoms with Crippen molar-refractivity contribution in [1.29, 1.82) is 0 Å². The summed E-state index contributed by atoms with van der Waals surface area (Å²) >= 11 is 1.69. The van der Waals surface area contributed by atoms with Crippen LogP contribution < -0.4 is 0 Å². The summed E-state index contributed by atoms with van der Waals surface area (Å²) in [5.41, 5.74) is 5.81. The minimum absolute atomic E-state index is 0.119. The van der Waals surface area contributed by atoms with Gasteiger partial charge in [-0.15, -0.1) is 16.5 Å². The zero-order chi connectivity index (χ0) is 18.1. The van der Waals surface area contributed by atoms with Crippen LogP contribution in [0, 0.1) is 13.8 Å². The maximum Gasteiger partial charge on any atom is 0.143 e. The highest BCUT2D eigenvalue weighted by atomic mass is 32.1. The van der Waals surface area contributed by atoms with Gasteiger partial charge in [0.2, 0.25) is 0 Å². The first kappa shape index (κ1) is 16.4. The van der Waals surface area contributed by atoms with Crippen molar-refractivity contribution >= 4 is 32.9 Å². The SMILES string of the molecule is Cc1ccc2sc(-c3ccc(/N=N/c4ccccc4O)cc3)nc2c1C. The first-order valence-corrected chi connectivity index (χ1v) is 9.10. The lowest BCUT2D eigenvalue weighted by Crippen LogP contribution is -1.82. The number of azo groups is 1. The van der Waals surface area contributed by atoms with Gasteiger partial charge in [-0.3, -0.25) is 0 Å². The Bertz CT molecular complexity index is 1110. The van der Waals surface area contributed by atoms with E-state index in [9.17, 15) is 5.11 Å². The fraction of sp³-hybridized carbons (Fsp3) is 0.0952. The zero-order valence-corrected chi connectivity index (χ0v) is 15.3. The number of para-hydroxylation sites is 1. The summed E-state index contributed by atoms with van der Waals surface area (Å²) in [6.07, 6.45) is 0. The Kier molecular flexibility index (Phi) is 4.22. The Labute approximate surface area is 155 Å². The molecule has 0 spiro atoms. The molecule has 4 nitrogen and oxygen atoms in total. The molecule has 0 aliphatic carbocycles. The van der Waals surface area contributed by atoms with Gasteiger partial charge in [0.05, 0.1) is 15.9 Å². The van der Waals surface area contributed by atoms with Crippen LogP contribution in [0.4, 0.5) is 11.4 Å². The molecule has 1 heterocycles. The van der Waals surface area contributed by atoms with E-state index >= 15 is 0 Å². The second-order valence-electron chi connectivity index (χ2n) is 6.11. The molecule has 0 aliphatic rings. The number of thiazole rings is 1. The Morgan fingerprint density at radius 1 is 0.885 bits per heavy atom. The number of phenols is 1. The van der Waals surface area contributed by atoms with Crippen molar-refractivity contribution in [2.75, 3.05) is 0 Å². The van der Waals surface area contributed by atoms with Crippen LogP contribution in [0.3, 0.4) is 0 Å². The molecule has 0 saturated heterocycles. The molecule has 3 aromatic carbocycles. The highest BCUT2D eigenvalue weighted by molar-refractivity contribution is 7.21. The molecule has 5 heteroatoms. The van der Waals surface area contributed by atoms with E-state index in [1.807, 2.05) is 30.3 Å². The third-order valence-corrected chi connectivity index (χ3v) is 5.42. The molecule has 0 unspecified atom stereocenters. The number of rotatable bonds is 3. The fourth-order valence-electron chi connectivity index (χ4n) is 2.68. The molecular formula is C21H17N3OS. The van der Waals surface area contributed by atoms with Gasteiger partial charge in [-0.2, -0.15) is 5.11 Å². The molecule has 0 aliphatic heterocycles. The predicted octanol–water partition coefficient (Wildman–Crippen LogP) is 6.70. The van der Waals surface area contributed by atoms with Crippen molar-refractivity contribution in [1.82, 2.24) is 4.98 Å². The van der Waals surface area contributed by atoms with Crippen LogP contribution in [0.2, 0.25) is 0 Å². The third-order valence-electron chi connectivity index (χ3n) is 4.35. The van der Waals surface area contributed by atoms with Gasteiger partial charge in [0.1, 0.15) is 16.4 Å². The van der Waals surface area contributed by atoms with Gasteiger partial charge in [-0.05, 0) is 67.4 Å². The first-order chi connectivity index (χ1) is 12.6. The second-order valence-corrected chi connectivity index (χ2v) is 7.14. The Hall–Kier alpha value is -3.05. The predicted molar refractivity (Wildman–Crippen MR) is 107 cm³/mol. The molecule has 0 atom stereocenters. The minimum Gasteiger partial charge on any atom is -0.506 e. The number of fused-ring (bicyclic) bond motifs is 1. The highest BCUT2D eigenvalue weighted by Gasteiger charge is 2.09. The van der Waals surface area contributed by atoms with E-state index in [0.717, 1.165) is 21.8 Å². The second kappa shape index (κ2) is 6.69. The molecule has 1 N–H and O–H groups in total. The monoisotopic (exact) mass is 359 g/mol. The largest absolute Gasteiger partial charge is 0.506 e. The van der Waals surface area contributed by atoms with Crippen molar-refractivity contribution in [2.45, 2.75) is 13.8 Å². The lowest BCUT2D eigenvalue weighted by atomic mass is 10.1. The lowest BCUT2D eigenvalue weighted by Gasteiger charge is -1.99. The fourth-order valence-corrected chi connectivity index (χ4v) is 3.71. The number of aryl methyl sites for hydroxylation is 2. The number of hydrogen-bond acceptors (Lipinski definition) is 5. The first-order valence-electron chi connectivity index (χ1n) is 8.29. The smallest absolute Gasteiger partial charge is 0.143 e. The Morgan fingerprint density at radius 3 is 2.42 bits per heavy atom. The Morgan fingerprint density at radius 2 is 1.65 bits per heavy atom. The summed E-state index contributed by atoms with van der Waals surface area (Å²) in [6, 6.07) is 19.0. The van der Waals surface area contributed by atoms with Gasteiger partial charge < -0.3 is 5.11 Å². The molecule has 0 saturated carbocycles. The summed E-state index contributed by atoms with van der Waals surface area (Å²) in [7, 11) is 0. The third kappa shape index (κ3) is 3.09. The van der Waals surface area contributed by atoms with Crippen LogP contribution >= 0.6 is 11.3 Å². The van der Waals surface area contributed by atoms with Gasteiger partial charge in [0.15, 0.2) is 0 Å². The molecule has 1 aromatic heterocycles. The summed E-state index contributed by atoms with van der Waals surface area (Å²) in [6.45, 7) is 4.22. The van der Waals surface area contributed by atoms with Gasteiger partial charge in [-0.25, -0.2) is 4.98 Å².